The zero-order valence-corrected chi connectivity index (χ0v) is 17.1. The molecule has 2 aliphatic rings. The Morgan fingerprint density at radius 2 is 1.85 bits per heavy atom. The van der Waals surface area contributed by atoms with Crippen LogP contribution in [0.4, 0.5) is 4.79 Å². The fourth-order valence-corrected chi connectivity index (χ4v) is 3.80. The highest BCUT2D eigenvalue weighted by molar-refractivity contribution is 6.09. The molecule has 1 saturated heterocycles. The van der Waals surface area contributed by atoms with Gasteiger partial charge in [-0.3, -0.25) is 14.5 Å². The summed E-state index contributed by atoms with van der Waals surface area (Å²) in [6.07, 6.45) is 3.13. The maximum Gasteiger partial charge on any atom is 0.325 e. The van der Waals surface area contributed by atoms with Crippen molar-refractivity contribution in [1.29, 1.82) is 0 Å². The molecule has 4 amide bonds. The molecule has 1 spiro atoms. The summed E-state index contributed by atoms with van der Waals surface area (Å²) in [5, 5.41) is 8.70. The second kappa shape index (κ2) is 9.04. The Morgan fingerprint density at radius 1 is 1.23 bits per heavy atom. The number of likely N-dealkylation sites (N-methyl/N-ethyl adjacent to an activating group) is 1. The maximum absolute atomic E-state index is 12.8. The molecule has 0 aromatic carbocycles. The summed E-state index contributed by atoms with van der Waals surface area (Å²) in [5.74, 6) is -0.000218. The number of hydrogen-bond donors (Lipinski definition) is 3. The Bertz CT molecular complexity index is 525. The lowest BCUT2D eigenvalue weighted by atomic mass is 9.67. The first-order valence-electron chi connectivity index (χ1n) is 9.31. The molecule has 26 heavy (non-hydrogen) atoms. The van der Waals surface area contributed by atoms with Crippen molar-refractivity contribution in [2.45, 2.75) is 58.9 Å². The summed E-state index contributed by atoms with van der Waals surface area (Å²) in [7, 11) is 0. The van der Waals surface area contributed by atoms with Crippen LogP contribution in [-0.2, 0) is 9.59 Å². The van der Waals surface area contributed by atoms with Gasteiger partial charge in [-0.05, 0) is 43.6 Å². The zero-order chi connectivity index (χ0) is 18.7. The van der Waals surface area contributed by atoms with E-state index in [9.17, 15) is 14.4 Å². The molecule has 8 heteroatoms. The molecule has 1 aliphatic carbocycles. The van der Waals surface area contributed by atoms with Crippen molar-refractivity contribution in [3.63, 3.8) is 0 Å². The van der Waals surface area contributed by atoms with Gasteiger partial charge in [-0.1, -0.05) is 27.7 Å². The number of nitrogens with one attached hydrogen (secondary N) is 3. The normalized spacial score (nSPS) is 25.8. The molecule has 0 aromatic heterocycles. The lowest BCUT2D eigenvalue weighted by Crippen LogP contribution is -2.51. The first-order valence-corrected chi connectivity index (χ1v) is 9.31. The van der Waals surface area contributed by atoms with Gasteiger partial charge in [0.25, 0.3) is 5.91 Å². The molecule has 1 aliphatic heterocycles. The van der Waals surface area contributed by atoms with E-state index in [4.69, 9.17) is 0 Å². The van der Waals surface area contributed by atoms with Crippen LogP contribution in [0.15, 0.2) is 0 Å². The fourth-order valence-electron chi connectivity index (χ4n) is 3.80. The highest BCUT2D eigenvalue weighted by Crippen LogP contribution is 2.43. The van der Waals surface area contributed by atoms with Crippen molar-refractivity contribution < 1.29 is 14.4 Å². The maximum atomic E-state index is 12.8. The first-order chi connectivity index (χ1) is 11.7. The number of rotatable bonds is 6. The summed E-state index contributed by atoms with van der Waals surface area (Å²) in [4.78, 5) is 38.1. The Hall–Kier alpha value is -1.34. The average molecular weight is 389 g/mol. The van der Waals surface area contributed by atoms with Gasteiger partial charge in [-0.2, -0.15) is 0 Å². The number of hydrogen-bond acceptors (Lipinski definition) is 4. The first kappa shape index (κ1) is 22.7. The molecule has 3 N–H and O–H groups in total. The number of amides is 4. The van der Waals surface area contributed by atoms with Crippen molar-refractivity contribution in [2.75, 3.05) is 26.2 Å². The molecule has 0 radical (unpaired) electrons. The van der Waals surface area contributed by atoms with Gasteiger partial charge < -0.3 is 16.0 Å². The van der Waals surface area contributed by atoms with Crippen molar-refractivity contribution >= 4 is 30.3 Å². The van der Waals surface area contributed by atoms with Gasteiger partial charge in [0.1, 0.15) is 12.1 Å². The van der Waals surface area contributed by atoms with Crippen LogP contribution in [0.2, 0.25) is 0 Å². The van der Waals surface area contributed by atoms with Crippen LogP contribution in [0, 0.1) is 11.3 Å². The van der Waals surface area contributed by atoms with Gasteiger partial charge in [0.2, 0.25) is 5.91 Å². The number of carbonyl (C=O) groups excluding carboxylic acids is 3. The summed E-state index contributed by atoms with van der Waals surface area (Å²) < 4.78 is 0. The van der Waals surface area contributed by atoms with E-state index in [0.717, 1.165) is 24.3 Å². The molecular formula is C18H33ClN4O3. The molecule has 0 unspecified atom stereocenters. The molecule has 0 bridgehead atoms. The van der Waals surface area contributed by atoms with E-state index in [2.05, 4.69) is 36.7 Å². The van der Waals surface area contributed by atoms with Gasteiger partial charge in [-0.25, -0.2) is 4.79 Å². The number of halogens is 1. The van der Waals surface area contributed by atoms with Crippen molar-refractivity contribution in [3.05, 3.63) is 0 Å². The van der Waals surface area contributed by atoms with Gasteiger partial charge in [0.05, 0.1) is 0 Å². The number of urea groups is 1. The highest BCUT2D eigenvalue weighted by Gasteiger charge is 2.53. The smallest absolute Gasteiger partial charge is 0.325 e. The van der Waals surface area contributed by atoms with E-state index in [1.54, 1.807) is 0 Å². The van der Waals surface area contributed by atoms with E-state index < -0.39 is 11.6 Å². The Kier molecular flexibility index (Phi) is 7.89. The standard InChI is InChI=1S/C18H32N4O3.ClH/c1-5-19-10-11-20-14(23)12-22-15(24)18(21-16(22)25)8-6-13(7-9-18)17(2,3)4;/h13,19H,5-12H2,1-4H3,(H,20,23)(H,21,25);1H. The summed E-state index contributed by atoms with van der Waals surface area (Å²) >= 11 is 0. The van der Waals surface area contributed by atoms with E-state index in [-0.39, 0.29) is 36.2 Å². The van der Waals surface area contributed by atoms with Crippen LogP contribution in [-0.4, -0.2) is 54.5 Å². The van der Waals surface area contributed by atoms with Gasteiger partial charge >= 0.3 is 6.03 Å². The molecule has 2 fully saturated rings. The van der Waals surface area contributed by atoms with Crippen LogP contribution in [0.3, 0.4) is 0 Å². The monoisotopic (exact) mass is 388 g/mol. The summed E-state index contributed by atoms with van der Waals surface area (Å²) in [6, 6.07) is -0.443. The Balaban J connectivity index is 0.00000338. The van der Waals surface area contributed by atoms with Crippen LogP contribution >= 0.6 is 12.4 Å². The molecule has 2 rings (SSSR count). The highest BCUT2D eigenvalue weighted by atomic mass is 35.5. The number of nitrogens with zero attached hydrogens (tertiary/aromatic N) is 1. The van der Waals surface area contributed by atoms with E-state index >= 15 is 0 Å². The average Bonchev–Trinajstić information content (AvgIpc) is 2.75. The zero-order valence-electron chi connectivity index (χ0n) is 16.3. The third-order valence-corrected chi connectivity index (χ3v) is 5.49. The molecule has 0 atom stereocenters. The minimum absolute atomic E-state index is 0. The molecule has 1 saturated carbocycles. The Labute approximate surface area is 162 Å². The number of imide groups is 1. The lowest BCUT2D eigenvalue weighted by molar-refractivity contribution is -0.136. The Morgan fingerprint density at radius 3 is 2.38 bits per heavy atom. The second-order valence-corrected chi connectivity index (χ2v) is 8.25. The van der Waals surface area contributed by atoms with Crippen LogP contribution in [0.25, 0.3) is 0 Å². The van der Waals surface area contributed by atoms with Crippen LogP contribution in [0.1, 0.15) is 53.4 Å². The second-order valence-electron chi connectivity index (χ2n) is 8.25. The van der Waals surface area contributed by atoms with Gasteiger partial charge in [-0.15, -0.1) is 12.4 Å². The molecule has 150 valence electrons. The SMILES string of the molecule is CCNCCNC(=O)CN1C(=O)NC2(CCC(C(C)(C)C)CC2)C1=O.Cl. The van der Waals surface area contributed by atoms with Crippen LogP contribution < -0.4 is 16.0 Å². The van der Waals surface area contributed by atoms with Gasteiger partial charge in [0.15, 0.2) is 0 Å². The third-order valence-electron chi connectivity index (χ3n) is 5.49. The minimum atomic E-state index is -0.803. The predicted molar refractivity (Wildman–Crippen MR) is 103 cm³/mol. The topological polar surface area (TPSA) is 90.5 Å². The van der Waals surface area contributed by atoms with E-state index in [1.165, 1.54) is 0 Å². The van der Waals surface area contributed by atoms with Crippen LogP contribution in [0.5, 0.6) is 0 Å². The van der Waals surface area contributed by atoms with Gasteiger partial charge in [0, 0.05) is 13.1 Å². The molecule has 1 heterocycles. The van der Waals surface area contributed by atoms with E-state index in [0.29, 0.717) is 31.8 Å². The third kappa shape index (κ3) is 5.10. The predicted octanol–water partition coefficient (Wildman–Crippen LogP) is 1.66. The largest absolute Gasteiger partial charge is 0.353 e. The quantitative estimate of drug-likeness (QED) is 0.476. The van der Waals surface area contributed by atoms with E-state index in [1.807, 2.05) is 6.92 Å². The number of carbonyl (C=O) groups is 3. The fraction of sp³-hybridized carbons (Fsp3) is 0.833. The lowest BCUT2D eigenvalue weighted by Gasteiger charge is -2.40. The van der Waals surface area contributed by atoms with Crippen molar-refractivity contribution in [2.24, 2.45) is 11.3 Å². The van der Waals surface area contributed by atoms with Crippen molar-refractivity contribution in [1.82, 2.24) is 20.9 Å². The molecule has 7 nitrogen and oxygen atoms in total. The van der Waals surface area contributed by atoms with Crippen molar-refractivity contribution in [3.8, 4) is 0 Å². The molecular weight excluding hydrogens is 356 g/mol. The minimum Gasteiger partial charge on any atom is -0.353 e. The summed E-state index contributed by atoms with van der Waals surface area (Å²) in [6.45, 7) is 10.4. The summed E-state index contributed by atoms with van der Waals surface area (Å²) in [5.41, 5.74) is -0.595. The molecule has 0 aromatic rings.